The number of nitrogen functional groups attached to an aromatic ring is 1. The number of ether oxygens (including phenoxy) is 1. The molecule has 0 saturated carbocycles. The zero-order valence-corrected chi connectivity index (χ0v) is 14.4. The van der Waals surface area contributed by atoms with Crippen LogP contribution in [0.5, 0.6) is 0 Å². The van der Waals surface area contributed by atoms with Crippen molar-refractivity contribution in [3.05, 3.63) is 23.9 Å². The standard InChI is InChI=1S/C17H24N4O4/c1-25-6-4-14(22)21-9-13-8-20(10-17(13,11-21)16(23)24)7-12-3-2-5-19-15(12)18/h2-3,5,13H,4,6-11H2,1H3,(H2,18,19)(H,23,24)/t13-,17-/m0/s1. The molecule has 0 unspecified atom stereocenters. The summed E-state index contributed by atoms with van der Waals surface area (Å²) < 4.78 is 4.94. The zero-order valence-electron chi connectivity index (χ0n) is 14.4. The Morgan fingerprint density at radius 1 is 1.44 bits per heavy atom. The first-order valence-electron chi connectivity index (χ1n) is 8.38. The number of hydrogen-bond acceptors (Lipinski definition) is 6. The van der Waals surface area contributed by atoms with Gasteiger partial charge < -0.3 is 20.5 Å². The molecule has 25 heavy (non-hydrogen) atoms. The van der Waals surface area contributed by atoms with Gasteiger partial charge in [0.1, 0.15) is 11.2 Å². The molecule has 0 radical (unpaired) electrons. The molecule has 0 bridgehead atoms. The predicted octanol–water partition coefficient (Wildman–Crippen LogP) is 0.0453. The fraction of sp³-hybridized carbons (Fsp3) is 0.588. The number of anilines is 1. The molecule has 3 N–H and O–H groups in total. The molecule has 136 valence electrons. The Kier molecular flexibility index (Phi) is 4.91. The number of nitrogens with zero attached hydrogens (tertiary/aromatic N) is 3. The van der Waals surface area contributed by atoms with Crippen LogP contribution in [0, 0.1) is 11.3 Å². The minimum Gasteiger partial charge on any atom is -0.481 e. The first-order chi connectivity index (χ1) is 12.0. The number of pyridine rings is 1. The second-order valence-corrected chi connectivity index (χ2v) is 6.89. The zero-order chi connectivity index (χ0) is 18.0. The van der Waals surface area contributed by atoms with Crippen LogP contribution in [-0.2, 0) is 20.9 Å². The first kappa shape index (κ1) is 17.6. The highest BCUT2D eigenvalue weighted by atomic mass is 16.5. The van der Waals surface area contributed by atoms with Gasteiger partial charge in [-0.05, 0) is 6.07 Å². The van der Waals surface area contributed by atoms with Gasteiger partial charge in [-0.3, -0.25) is 14.5 Å². The maximum Gasteiger partial charge on any atom is 0.313 e. The lowest BCUT2D eigenvalue weighted by Crippen LogP contribution is -2.42. The number of nitrogens with two attached hydrogens (primary N) is 1. The highest BCUT2D eigenvalue weighted by molar-refractivity contribution is 5.81. The molecular formula is C17H24N4O4. The van der Waals surface area contributed by atoms with Crippen molar-refractivity contribution < 1.29 is 19.4 Å². The van der Waals surface area contributed by atoms with E-state index in [9.17, 15) is 14.7 Å². The summed E-state index contributed by atoms with van der Waals surface area (Å²) in [5, 5.41) is 9.86. The Bertz CT molecular complexity index is 668. The van der Waals surface area contributed by atoms with Gasteiger partial charge in [0.15, 0.2) is 0 Å². The molecule has 8 heteroatoms. The number of amides is 1. The second kappa shape index (κ2) is 6.97. The van der Waals surface area contributed by atoms with Gasteiger partial charge in [0.05, 0.1) is 13.0 Å². The van der Waals surface area contributed by atoms with Gasteiger partial charge in [-0.2, -0.15) is 0 Å². The van der Waals surface area contributed by atoms with Crippen molar-refractivity contribution in [2.24, 2.45) is 11.3 Å². The van der Waals surface area contributed by atoms with Crippen LogP contribution >= 0.6 is 0 Å². The average Bonchev–Trinajstić information content (AvgIpc) is 3.10. The van der Waals surface area contributed by atoms with Crippen LogP contribution in [-0.4, -0.2) is 71.7 Å². The molecule has 1 amide bonds. The van der Waals surface area contributed by atoms with Crippen LogP contribution < -0.4 is 5.73 Å². The number of fused-ring (bicyclic) bond motifs is 1. The molecule has 2 aliphatic heterocycles. The van der Waals surface area contributed by atoms with Crippen LogP contribution in [0.4, 0.5) is 5.82 Å². The highest BCUT2D eigenvalue weighted by Gasteiger charge is 2.58. The first-order valence-corrected chi connectivity index (χ1v) is 8.38. The van der Waals surface area contributed by atoms with Crippen molar-refractivity contribution in [2.75, 3.05) is 45.6 Å². The molecule has 3 heterocycles. The smallest absolute Gasteiger partial charge is 0.313 e. The van der Waals surface area contributed by atoms with Crippen LogP contribution in [0.25, 0.3) is 0 Å². The van der Waals surface area contributed by atoms with E-state index in [1.54, 1.807) is 18.2 Å². The number of likely N-dealkylation sites (tertiary alicyclic amines) is 2. The number of aromatic nitrogens is 1. The summed E-state index contributed by atoms with van der Waals surface area (Å²) in [6, 6.07) is 3.73. The summed E-state index contributed by atoms with van der Waals surface area (Å²) in [5.41, 5.74) is 5.89. The van der Waals surface area contributed by atoms with E-state index in [2.05, 4.69) is 9.88 Å². The summed E-state index contributed by atoms with van der Waals surface area (Å²) in [4.78, 5) is 32.1. The Balaban J connectivity index is 1.70. The Morgan fingerprint density at radius 3 is 2.88 bits per heavy atom. The van der Waals surface area contributed by atoms with Crippen molar-refractivity contribution in [3.63, 3.8) is 0 Å². The number of carboxylic acids is 1. The van der Waals surface area contributed by atoms with Crippen molar-refractivity contribution >= 4 is 17.7 Å². The molecule has 8 nitrogen and oxygen atoms in total. The third-order valence-corrected chi connectivity index (χ3v) is 5.30. The number of carboxylic acid groups (broad SMARTS) is 1. The molecule has 2 aliphatic rings. The fourth-order valence-corrected chi connectivity index (χ4v) is 3.96. The van der Waals surface area contributed by atoms with Crippen LogP contribution in [0.3, 0.4) is 0 Å². The predicted molar refractivity (Wildman–Crippen MR) is 90.6 cm³/mol. The molecule has 2 saturated heterocycles. The third kappa shape index (κ3) is 3.32. The van der Waals surface area contributed by atoms with Gasteiger partial charge >= 0.3 is 5.97 Å². The Morgan fingerprint density at radius 2 is 2.24 bits per heavy atom. The normalized spacial score (nSPS) is 26.0. The Hall–Kier alpha value is -2.19. The number of carbonyl (C=O) groups excluding carboxylic acids is 1. The summed E-state index contributed by atoms with van der Waals surface area (Å²) in [6.45, 7) is 2.71. The Labute approximate surface area is 146 Å². The molecule has 1 aromatic heterocycles. The molecule has 1 aromatic rings. The van der Waals surface area contributed by atoms with Crippen LogP contribution in [0.2, 0.25) is 0 Å². The SMILES string of the molecule is COCCC(=O)N1C[C@@H]2CN(Cc3cccnc3N)C[C@]2(C(=O)O)C1. The second-order valence-electron chi connectivity index (χ2n) is 6.89. The summed E-state index contributed by atoms with van der Waals surface area (Å²) in [6.07, 6.45) is 1.93. The van der Waals surface area contributed by atoms with Gasteiger partial charge in [0, 0.05) is 57.5 Å². The lowest BCUT2D eigenvalue weighted by Gasteiger charge is -2.25. The molecule has 0 spiro atoms. The minimum absolute atomic E-state index is 0.0417. The summed E-state index contributed by atoms with van der Waals surface area (Å²) in [5.74, 6) is -0.476. The molecule has 0 aliphatic carbocycles. The number of methoxy groups -OCH3 is 1. The quantitative estimate of drug-likeness (QED) is 0.747. The van der Waals surface area contributed by atoms with Gasteiger partial charge in [0.2, 0.25) is 5.91 Å². The molecule has 0 aromatic carbocycles. The van der Waals surface area contributed by atoms with Crippen molar-refractivity contribution in [1.29, 1.82) is 0 Å². The fourth-order valence-electron chi connectivity index (χ4n) is 3.96. The van der Waals surface area contributed by atoms with E-state index in [0.717, 1.165) is 5.56 Å². The summed E-state index contributed by atoms with van der Waals surface area (Å²) in [7, 11) is 1.55. The van der Waals surface area contributed by atoms with Gasteiger partial charge in [0.25, 0.3) is 0 Å². The van der Waals surface area contributed by atoms with Crippen molar-refractivity contribution in [3.8, 4) is 0 Å². The average molecular weight is 348 g/mol. The monoisotopic (exact) mass is 348 g/mol. The van der Waals surface area contributed by atoms with E-state index >= 15 is 0 Å². The number of rotatable bonds is 6. The third-order valence-electron chi connectivity index (χ3n) is 5.30. The topological polar surface area (TPSA) is 109 Å². The van der Waals surface area contributed by atoms with E-state index in [0.29, 0.717) is 38.6 Å². The maximum absolute atomic E-state index is 12.2. The van der Waals surface area contributed by atoms with E-state index in [1.807, 2.05) is 12.1 Å². The maximum atomic E-state index is 12.2. The minimum atomic E-state index is -0.903. The molecular weight excluding hydrogens is 324 g/mol. The van der Waals surface area contributed by atoms with E-state index < -0.39 is 11.4 Å². The molecule has 3 rings (SSSR count). The van der Waals surface area contributed by atoms with Crippen molar-refractivity contribution in [2.45, 2.75) is 13.0 Å². The highest BCUT2D eigenvalue weighted by Crippen LogP contribution is 2.43. The molecule has 2 atom stereocenters. The van der Waals surface area contributed by atoms with E-state index in [-0.39, 0.29) is 24.8 Å². The largest absolute Gasteiger partial charge is 0.481 e. The van der Waals surface area contributed by atoms with Gasteiger partial charge in [-0.15, -0.1) is 0 Å². The van der Waals surface area contributed by atoms with Crippen LogP contribution in [0.1, 0.15) is 12.0 Å². The van der Waals surface area contributed by atoms with Gasteiger partial charge in [-0.1, -0.05) is 6.07 Å². The molecule has 2 fully saturated rings. The lowest BCUT2D eigenvalue weighted by molar-refractivity contribution is -0.149. The van der Waals surface area contributed by atoms with Crippen LogP contribution in [0.15, 0.2) is 18.3 Å². The number of hydrogen-bond donors (Lipinski definition) is 2. The number of aliphatic carboxylic acids is 1. The lowest BCUT2D eigenvalue weighted by atomic mass is 9.81. The van der Waals surface area contributed by atoms with E-state index in [4.69, 9.17) is 10.5 Å². The summed E-state index contributed by atoms with van der Waals surface area (Å²) >= 11 is 0. The number of carbonyl (C=O) groups is 2. The van der Waals surface area contributed by atoms with Crippen molar-refractivity contribution in [1.82, 2.24) is 14.8 Å². The van der Waals surface area contributed by atoms with E-state index in [1.165, 1.54) is 0 Å². The van der Waals surface area contributed by atoms with Gasteiger partial charge in [-0.25, -0.2) is 4.98 Å².